The molecule has 0 fully saturated rings. The summed E-state index contributed by atoms with van der Waals surface area (Å²) in [6, 6.07) is 7.02. The van der Waals surface area contributed by atoms with Crippen LogP contribution in [-0.2, 0) is 11.5 Å². The molecule has 1 aromatic carbocycles. The van der Waals surface area contributed by atoms with Crippen molar-refractivity contribution < 1.29 is 4.74 Å². The van der Waals surface area contributed by atoms with Crippen LogP contribution in [0.4, 0.5) is 0 Å². The lowest BCUT2D eigenvalue weighted by Crippen LogP contribution is -2.22. The maximum atomic E-state index is 9.31. The first-order valence-corrected chi connectivity index (χ1v) is 11.4. The zero-order valence-electron chi connectivity index (χ0n) is 13.3. The van der Waals surface area contributed by atoms with E-state index >= 15 is 0 Å². The van der Waals surface area contributed by atoms with Crippen LogP contribution in [0.2, 0.25) is 30.7 Å². The molecule has 0 atom stereocenters. The van der Waals surface area contributed by atoms with Crippen LogP contribution >= 0.6 is 11.6 Å². The van der Waals surface area contributed by atoms with Gasteiger partial charge in [-0.3, -0.25) is 0 Å². The van der Waals surface area contributed by atoms with Crippen molar-refractivity contribution in [3.8, 4) is 6.07 Å². The lowest BCUT2D eigenvalue weighted by molar-refractivity contribution is 0.0902. The minimum Gasteiger partial charge on any atom is -0.361 e. The van der Waals surface area contributed by atoms with Gasteiger partial charge in [0.2, 0.25) is 0 Å². The lowest BCUT2D eigenvalue weighted by Gasteiger charge is -2.16. The number of aromatic nitrogens is 1. The predicted octanol–water partition coefficient (Wildman–Crippen LogP) is 5.12. The molecule has 0 spiro atoms. The highest BCUT2D eigenvalue weighted by Gasteiger charge is 2.14. The van der Waals surface area contributed by atoms with Gasteiger partial charge in [-0.1, -0.05) is 43.9 Å². The Bertz CT molecular complexity index is 738. The van der Waals surface area contributed by atoms with Gasteiger partial charge in [-0.25, -0.2) is 0 Å². The Labute approximate surface area is 137 Å². The van der Waals surface area contributed by atoms with Crippen molar-refractivity contribution >= 4 is 36.7 Å². The molecule has 0 saturated heterocycles. The summed E-state index contributed by atoms with van der Waals surface area (Å²) in [5.41, 5.74) is 2.47. The molecule has 0 radical (unpaired) electrons. The van der Waals surface area contributed by atoms with Gasteiger partial charge in [0.25, 0.3) is 0 Å². The molecule has 0 aliphatic carbocycles. The van der Waals surface area contributed by atoms with Crippen LogP contribution in [0.25, 0.3) is 17.0 Å². The average Bonchev–Trinajstić information content (AvgIpc) is 2.79. The normalized spacial score (nSPS) is 11.6. The number of nitrogens with zero attached hydrogens (tertiary/aromatic N) is 2. The van der Waals surface area contributed by atoms with E-state index in [0.29, 0.717) is 17.3 Å². The summed E-state index contributed by atoms with van der Waals surface area (Å²) in [6.07, 6.45) is 3.58. The van der Waals surface area contributed by atoms with Gasteiger partial charge in [-0.05, 0) is 23.7 Å². The number of rotatable bonds is 6. The molecule has 0 amide bonds. The number of benzene rings is 1. The van der Waals surface area contributed by atoms with Gasteiger partial charge in [-0.15, -0.1) is 0 Å². The van der Waals surface area contributed by atoms with Crippen molar-refractivity contribution in [2.75, 3.05) is 6.61 Å². The molecule has 116 valence electrons. The van der Waals surface area contributed by atoms with Crippen LogP contribution in [0, 0.1) is 11.3 Å². The standard InChI is InChI=1S/C17H21ClN2OSi/c1-5-13-8-15(18)9-16-14(10-19)11-20(17(13)16)12-21-6-7-22(2,3)4/h5,8-9,11H,1,6-7,12H2,2-4H3. The Morgan fingerprint density at radius 1 is 1.41 bits per heavy atom. The van der Waals surface area contributed by atoms with Crippen molar-refractivity contribution in [1.29, 1.82) is 5.26 Å². The molecule has 1 aromatic heterocycles. The molecule has 5 heteroatoms. The Hall–Kier alpha value is -1.54. The summed E-state index contributed by atoms with van der Waals surface area (Å²) in [5, 5.41) is 10.8. The van der Waals surface area contributed by atoms with Crippen LogP contribution in [0.15, 0.2) is 24.9 Å². The highest BCUT2D eigenvalue weighted by atomic mass is 35.5. The van der Waals surface area contributed by atoms with Crippen molar-refractivity contribution in [2.45, 2.75) is 32.4 Å². The zero-order valence-corrected chi connectivity index (χ0v) is 15.1. The van der Waals surface area contributed by atoms with E-state index in [2.05, 4.69) is 32.3 Å². The minimum absolute atomic E-state index is 0.436. The minimum atomic E-state index is -1.10. The van der Waals surface area contributed by atoms with E-state index in [1.165, 1.54) is 0 Å². The molecule has 0 N–H and O–H groups in total. The maximum Gasteiger partial charge on any atom is 0.122 e. The quantitative estimate of drug-likeness (QED) is 0.543. The molecule has 0 unspecified atom stereocenters. The predicted molar refractivity (Wildman–Crippen MR) is 95.9 cm³/mol. The first-order valence-electron chi connectivity index (χ1n) is 7.28. The maximum absolute atomic E-state index is 9.31. The fourth-order valence-corrected chi connectivity index (χ4v) is 3.31. The molecule has 2 rings (SSSR count). The summed E-state index contributed by atoms with van der Waals surface area (Å²) < 4.78 is 7.78. The molecular formula is C17H21ClN2OSi. The van der Waals surface area contributed by atoms with Crippen molar-refractivity contribution in [3.05, 3.63) is 41.1 Å². The number of ether oxygens (including phenoxy) is 1. The summed E-state index contributed by atoms with van der Waals surface area (Å²) in [7, 11) is -1.10. The van der Waals surface area contributed by atoms with Gasteiger partial charge in [0.1, 0.15) is 12.8 Å². The average molecular weight is 333 g/mol. The van der Waals surface area contributed by atoms with Crippen LogP contribution in [0.5, 0.6) is 0 Å². The molecule has 3 nitrogen and oxygen atoms in total. The third-order valence-corrected chi connectivity index (χ3v) is 5.46. The monoisotopic (exact) mass is 332 g/mol. The number of hydrogen-bond donors (Lipinski definition) is 0. The van der Waals surface area contributed by atoms with Crippen LogP contribution in [-0.4, -0.2) is 19.2 Å². The topological polar surface area (TPSA) is 38.0 Å². The van der Waals surface area contributed by atoms with Crippen molar-refractivity contribution in [3.63, 3.8) is 0 Å². The van der Waals surface area contributed by atoms with Gasteiger partial charge in [0.15, 0.2) is 0 Å². The second-order valence-electron chi connectivity index (χ2n) is 6.57. The summed E-state index contributed by atoms with van der Waals surface area (Å²) in [6.45, 7) is 12.0. The highest BCUT2D eigenvalue weighted by molar-refractivity contribution is 6.76. The molecule has 2 aromatic rings. The smallest absolute Gasteiger partial charge is 0.122 e. The molecule has 1 heterocycles. The van der Waals surface area contributed by atoms with Crippen molar-refractivity contribution in [2.24, 2.45) is 0 Å². The van der Waals surface area contributed by atoms with E-state index in [9.17, 15) is 5.26 Å². The largest absolute Gasteiger partial charge is 0.361 e. The van der Waals surface area contributed by atoms with E-state index in [1.54, 1.807) is 6.08 Å². The Kier molecular flexibility index (Phi) is 5.12. The molecule has 0 aliphatic rings. The van der Waals surface area contributed by atoms with E-state index in [4.69, 9.17) is 16.3 Å². The fraction of sp³-hybridized carbons (Fsp3) is 0.353. The number of halogens is 1. The first-order chi connectivity index (χ1) is 10.4. The molecule has 0 bridgehead atoms. The number of fused-ring (bicyclic) bond motifs is 1. The van der Waals surface area contributed by atoms with Gasteiger partial charge in [-0.2, -0.15) is 5.26 Å². The Morgan fingerprint density at radius 3 is 2.73 bits per heavy atom. The van der Waals surface area contributed by atoms with Crippen LogP contribution in [0.1, 0.15) is 11.1 Å². The second-order valence-corrected chi connectivity index (χ2v) is 12.6. The van der Waals surface area contributed by atoms with E-state index in [1.807, 2.05) is 22.9 Å². The fourth-order valence-electron chi connectivity index (χ4n) is 2.32. The molecule has 0 saturated carbocycles. The second kappa shape index (κ2) is 6.70. The number of nitriles is 1. The van der Waals surface area contributed by atoms with Gasteiger partial charge in [0, 0.05) is 31.3 Å². The third-order valence-electron chi connectivity index (χ3n) is 3.53. The molecular weight excluding hydrogens is 312 g/mol. The van der Waals surface area contributed by atoms with Gasteiger partial charge >= 0.3 is 0 Å². The highest BCUT2D eigenvalue weighted by Crippen LogP contribution is 2.29. The van der Waals surface area contributed by atoms with Crippen LogP contribution < -0.4 is 0 Å². The third kappa shape index (κ3) is 3.80. The SMILES string of the molecule is C=Cc1cc(Cl)cc2c(C#N)cn(COCC[Si](C)(C)C)c12. The van der Waals surface area contributed by atoms with Crippen molar-refractivity contribution in [1.82, 2.24) is 4.57 Å². The Balaban J connectivity index is 2.30. The molecule has 0 aliphatic heterocycles. The van der Waals surface area contributed by atoms with E-state index in [0.717, 1.165) is 29.1 Å². The summed E-state index contributed by atoms with van der Waals surface area (Å²) >= 11 is 6.12. The van der Waals surface area contributed by atoms with E-state index in [-0.39, 0.29) is 0 Å². The lowest BCUT2D eigenvalue weighted by atomic mass is 10.1. The first kappa shape index (κ1) is 16.8. The van der Waals surface area contributed by atoms with E-state index < -0.39 is 8.07 Å². The summed E-state index contributed by atoms with van der Waals surface area (Å²) in [4.78, 5) is 0. The zero-order chi connectivity index (χ0) is 16.3. The van der Waals surface area contributed by atoms with Gasteiger partial charge in [0.05, 0.1) is 11.1 Å². The van der Waals surface area contributed by atoms with Crippen LogP contribution in [0.3, 0.4) is 0 Å². The summed E-state index contributed by atoms with van der Waals surface area (Å²) in [5.74, 6) is 0. The molecule has 22 heavy (non-hydrogen) atoms. The number of hydrogen-bond acceptors (Lipinski definition) is 2. The van der Waals surface area contributed by atoms with Gasteiger partial charge < -0.3 is 9.30 Å². The Morgan fingerprint density at radius 2 is 2.14 bits per heavy atom.